The summed E-state index contributed by atoms with van der Waals surface area (Å²) < 4.78 is 1.79. The van der Waals surface area contributed by atoms with Gasteiger partial charge in [-0.25, -0.2) is 0 Å². The van der Waals surface area contributed by atoms with Gasteiger partial charge in [-0.1, -0.05) is 0 Å². The lowest BCUT2D eigenvalue weighted by molar-refractivity contribution is -0.134. The highest BCUT2D eigenvalue weighted by atomic mass is 16.2. The van der Waals surface area contributed by atoms with Crippen molar-refractivity contribution in [3.63, 3.8) is 0 Å². The van der Waals surface area contributed by atoms with Gasteiger partial charge in [-0.05, 0) is 40.7 Å². The molecule has 0 saturated heterocycles. The molecular weight excluding hydrogens is 202 g/mol. The van der Waals surface area contributed by atoms with Crippen LogP contribution >= 0.6 is 0 Å². The van der Waals surface area contributed by atoms with Crippen LogP contribution < -0.4 is 0 Å². The van der Waals surface area contributed by atoms with Crippen LogP contribution in [-0.2, 0) is 4.79 Å². The summed E-state index contributed by atoms with van der Waals surface area (Å²) in [6.07, 6.45) is 0. The molecule has 0 aliphatic carbocycles. The average Bonchev–Trinajstić information content (AvgIpc) is 2.54. The minimum atomic E-state index is -0.235. The van der Waals surface area contributed by atoms with Crippen molar-refractivity contribution >= 4 is 5.91 Å². The fourth-order valence-corrected chi connectivity index (χ4v) is 1.69. The van der Waals surface area contributed by atoms with Crippen LogP contribution in [0.4, 0.5) is 0 Å². The second kappa shape index (κ2) is 4.68. The molecule has 1 aromatic rings. The summed E-state index contributed by atoms with van der Waals surface area (Å²) in [5.74, 6) is 0.0983. The lowest BCUT2D eigenvalue weighted by atomic mass is 10.2. The average molecular weight is 223 g/mol. The molecule has 0 aliphatic rings. The van der Waals surface area contributed by atoms with E-state index in [-0.39, 0.29) is 18.0 Å². The SMILES string of the molecule is Cc1cc(C)n(C(C)C(=O)N(C)C(C)C)n1. The third kappa shape index (κ3) is 2.43. The van der Waals surface area contributed by atoms with Gasteiger partial charge in [-0.15, -0.1) is 0 Å². The number of carbonyl (C=O) groups excluding carboxylic acids is 1. The predicted molar refractivity (Wildman–Crippen MR) is 64.3 cm³/mol. The Morgan fingerprint density at radius 1 is 1.38 bits per heavy atom. The molecule has 1 amide bonds. The summed E-state index contributed by atoms with van der Waals surface area (Å²) in [5, 5.41) is 4.34. The molecule has 0 aromatic carbocycles. The molecule has 1 heterocycles. The first-order valence-electron chi connectivity index (χ1n) is 5.64. The van der Waals surface area contributed by atoms with Crippen molar-refractivity contribution in [2.45, 2.75) is 46.7 Å². The van der Waals surface area contributed by atoms with Gasteiger partial charge < -0.3 is 4.90 Å². The Kier molecular flexibility index (Phi) is 3.73. The van der Waals surface area contributed by atoms with Gasteiger partial charge in [0.15, 0.2) is 0 Å². The Labute approximate surface area is 97.2 Å². The molecule has 4 heteroatoms. The quantitative estimate of drug-likeness (QED) is 0.785. The van der Waals surface area contributed by atoms with E-state index in [1.165, 1.54) is 0 Å². The van der Waals surface area contributed by atoms with E-state index in [4.69, 9.17) is 0 Å². The fourth-order valence-electron chi connectivity index (χ4n) is 1.69. The summed E-state index contributed by atoms with van der Waals surface area (Å²) in [6, 6.07) is 1.96. The maximum absolute atomic E-state index is 12.1. The molecule has 1 aromatic heterocycles. The van der Waals surface area contributed by atoms with Gasteiger partial charge in [0.25, 0.3) is 0 Å². The zero-order valence-electron chi connectivity index (χ0n) is 11.0. The highest BCUT2D eigenvalue weighted by molar-refractivity contribution is 5.80. The molecule has 0 aliphatic heterocycles. The molecule has 90 valence electrons. The third-order valence-corrected chi connectivity index (χ3v) is 2.89. The highest BCUT2D eigenvalue weighted by Crippen LogP contribution is 2.14. The van der Waals surface area contributed by atoms with Gasteiger partial charge in [0.2, 0.25) is 5.91 Å². The minimum Gasteiger partial charge on any atom is -0.341 e. The number of nitrogens with zero attached hydrogens (tertiary/aromatic N) is 3. The topological polar surface area (TPSA) is 38.1 Å². The lowest BCUT2D eigenvalue weighted by Gasteiger charge is -2.25. The molecule has 0 bridgehead atoms. The highest BCUT2D eigenvalue weighted by Gasteiger charge is 2.22. The van der Waals surface area contributed by atoms with Crippen LogP contribution in [0.1, 0.15) is 38.2 Å². The van der Waals surface area contributed by atoms with Gasteiger partial charge in [0.1, 0.15) is 6.04 Å². The van der Waals surface area contributed by atoms with Crippen molar-refractivity contribution in [3.8, 4) is 0 Å². The molecule has 4 nitrogen and oxygen atoms in total. The van der Waals surface area contributed by atoms with Crippen LogP contribution in [0.3, 0.4) is 0 Å². The van der Waals surface area contributed by atoms with Crippen LogP contribution in [0.2, 0.25) is 0 Å². The number of rotatable bonds is 3. The first-order chi connectivity index (χ1) is 7.34. The van der Waals surface area contributed by atoms with Gasteiger partial charge in [-0.2, -0.15) is 5.10 Å². The molecule has 0 saturated carbocycles. The van der Waals surface area contributed by atoms with E-state index in [2.05, 4.69) is 5.10 Å². The second-order valence-corrected chi connectivity index (χ2v) is 4.59. The predicted octanol–water partition coefficient (Wildman–Crippen LogP) is 1.93. The van der Waals surface area contributed by atoms with E-state index in [0.29, 0.717) is 0 Å². The molecule has 16 heavy (non-hydrogen) atoms. The standard InChI is InChI=1S/C12H21N3O/c1-8(2)14(6)12(16)11(5)15-10(4)7-9(3)13-15/h7-8,11H,1-6H3. The van der Waals surface area contributed by atoms with Crippen molar-refractivity contribution in [2.75, 3.05) is 7.05 Å². The molecule has 0 radical (unpaired) electrons. The van der Waals surface area contributed by atoms with E-state index in [9.17, 15) is 4.79 Å². The van der Waals surface area contributed by atoms with Crippen LogP contribution in [0, 0.1) is 13.8 Å². The lowest BCUT2D eigenvalue weighted by Crippen LogP contribution is -2.38. The fraction of sp³-hybridized carbons (Fsp3) is 0.667. The zero-order valence-corrected chi connectivity index (χ0v) is 11.0. The Morgan fingerprint density at radius 2 is 1.94 bits per heavy atom. The summed E-state index contributed by atoms with van der Waals surface area (Å²) in [4.78, 5) is 13.9. The number of amides is 1. The van der Waals surface area contributed by atoms with Crippen molar-refractivity contribution in [2.24, 2.45) is 0 Å². The Hall–Kier alpha value is -1.32. The smallest absolute Gasteiger partial charge is 0.247 e. The van der Waals surface area contributed by atoms with E-state index < -0.39 is 0 Å². The van der Waals surface area contributed by atoms with Crippen molar-refractivity contribution in [3.05, 3.63) is 17.5 Å². The number of hydrogen-bond acceptors (Lipinski definition) is 2. The summed E-state index contributed by atoms with van der Waals surface area (Å²) in [5.41, 5.74) is 1.97. The molecule has 0 spiro atoms. The Bertz CT molecular complexity index is 382. The van der Waals surface area contributed by atoms with E-state index in [0.717, 1.165) is 11.4 Å². The second-order valence-electron chi connectivity index (χ2n) is 4.59. The van der Waals surface area contributed by atoms with Crippen LogP contribution in [0.25, 0.3) is 0 Å². The molecule has 0 fully saturated rings. The van der Waals surface area contributed by atoms with E-state index >= 15 is 0 Å². The number of likely N-dealkylation sites (N-methyl/N-ethyl adjacent to an activating group) is 1. The van der Waals surface area contributed by atoms with Gasteiger partial charge in [-0.3, -0.25) is 9.48 Å². The first-order valence-corrected chi connectivity index (χ1v) is 5.64. The Balaban J connectivity index is 2.90. The van der Waals surface area contributed by atoms with Crippen molar-refractivity contribution in [1.29, 1.82) is 0 Å². The van der Waals surface area contributed by atoms with Crippen LogP contribution in [0.15, 0.2) is 6.07 Å². The van der Waals surface area contributed by atoms with Gasteiger partial charge >= 0.3 is 0 Å². The summed E-state index contributed by atoms with van der Waals surface area (Å²) >= 11 is 0. The monoisotopic (exact) mass is 223 g/mol. The maximum atomic E-state index is 12.1. The maximum Gasteiger partial charge on any atom is 0.247 e. The molecule has 1 rings (SSSR count). The van der Waals surface area contributed by atoms with Crippen LogP contribution in [0.5, 0.6) is 0 Å². The third-order valence-electron chi connectivity index (χ3n) is 2.89. The molecule has 1 atom stereocenters. The summed E-state index contributed by atoms with van der Waals surface area (Å²) in [6.45, 7) is 9.81. The van der Waals surface area contributed by atoms with Crippen LogP contribution in [-0.4, -0.2) is 33.7 Å². The summed E-state index contributed by atoms with van der Waals surface area (Å²) in [7, 11) is 1.83. The van der Waals surface area contributed by atoms with Crippen molar-refractivity contribution in [1.82, 2.24) is 14.7 Å². The van der Waals surface area contributed by atoms with E-state index in [1.54, 1.807) is 9.58 Å². The first kappa shape index (κ1) is 12.7. The van der Waals surface area contributed by atoms with Gasteiger partial charge in [0, 0.05) is 18.8 Å². The molecular formula is C12H21N3O. The number of aromatic nitrogens is 2. The molecule has 1 unspecified atom stereocenters. The number of hydrogen-bond donors (Lipinski definition) is 0. The Morgan fingerprint density at radius 3 is 2.31 bits per heavy atom. The largest absolute Gasteiger partial charge is 0.341 e. The van der Waals surface area contributed by atoms with E-state index in [1.807, 2.05) is 47.7 Å². The number of aryl methyl sites for hydroxylation is 2. The minimum absolute atomic E-state index is 0.0983. The molecule has 0 N–H and O–H groups in total. The van der Waals surface area contributed by atoms with Gasteiger partial charge in [0.05, 0.1) is 5.69 Å². The normalized spacial score (nSPS) is 12.9. The number of carbonyl (C=O) groups is 1. The van der Waals surface area contributed by atoms with Crippen molar-refractivity contribution < 1.29 is 4.79 Å². The zero-order chi connectivity index (χ0) is 12.5.